The minimum atomic E-state index is -5.08. The molecule has 1 unspecified atom stereocenters. The maximum Gasteiger partial charge on any atom is 0.490 e. The van der Waals surface area contributed by atoms with E-state index in [-0.39, 0.29) is 5.41 Å². The zero-order chi connectivity index (χ0) is 23.2. The summed E-state index contributed by atoms with van der Waals surface area (Å²) in [5.41, 5.74) is 0.0408. The van der Waals surface area contributed by atoms with E-state index >= 15 is 0 Å². The molecular formula is C20H24F4N4O4. The van der Waals surface area contributed by atoms with E-state index in [2.05, 4.69) is 19.8 Å². The Bertz CT molecular complexity index is 863. The lowest BCUT2D eigenvalue weighted by Crippen LogP contribution is -2.50. The van der Waals surface area contributed by atoms with Gasteiger partial charge < -0.3 is 19.2 Å². The van der Waals surface area contributed by atoms with E-state index in [1.165, 1.54) is 12.4 Å². The molecule has 1 spiro atoms. The number of ether oxygens (including phenoxy) is 1. The molecule has 2 aliphatic heterocycles. The van der Waals surface area contributed by atoms with Crippen molar-refractivity contribution in [2.45, 2.75) is 25.6 Å². The van der Waals surface area contributed by atoms with Gasteiger partial charge in [0.05, 0.1) is 38.4 Å². The molecule has 12 heteroatoms. The average Bonchev–Trinajstić information content (AvgIpc) is 3.16. The normalized spacial score (nSPS) is 22.2. The molecular weight excluding hydrogens is 436 g/mol. The minimum Gasteiger partial charge on any atom is -0.475 e. The number of furan rings is 1. The molecule has 0 radical (unpaired) electrons. The number of carboxylic acids is 1. The van der Waals surface area contributed by atoms with Gasteiger partial charge in [0.25, 0.3) is 0 Å². The van der Waals surface area contributed by atoms with Crippen molar-refractivity contribution in [3.8, 4) is 0 Å². The van der Waals surface area contributed by atoms with Crippen molar-refractivity contribution in [3.63, 3.8) is 0 Å². The van der Waals surface area contributed by atoms with Crippen molar-refractivity contribution < 1.29 is 36.6 Å². The topological polar surface area (TPSA) is 91.9 Å². The number of piperidine rings is 1. The Labute approximate surface area is 181 Å². The van der Waals surface area contributed by atoms with Crippen LogP contribution in [0, 0.1) is 11.2 Å². The van der Waals surface area contributed by atoms with Crippen LogP contribution >= 0.6 is 0 Å². The van der Waals surface area contributed by atoms with Crippen LogP contribution < -0.4 is 4.90 Å². The molecule has 0 bridgehead atoms. The number of alkyl halides is 3. The van der Waals surface area contributed by atoms with Crippen LogP contribution in [0.4, 0.5) is 23.5 Å². The number of likely N-dealkylation sites (tertiary alicyclic amines) is 1. The Hall–Kier alpha value is -2.73. The Balaban J connectivity index is 0.000000360. The lowest BCUT2D eigenvalue weighted by Gasteiger charge is -2.43. The molecule has 4 rings (SSSR count). The number of nitrogens with zero attached hydrogens (tertiary/aromatic N) is 4. The van der Waals surface area contributed by atoms with Gasteiger partial charge in [-0.05, 0) is 31.5 Å². The van der Waals surface area contributed by atoms with E-state index in [1.807, 2.05) is 12.1 Å². The van der Waals surface area contributed by atoms with Gasteiger partial charge in [0.2, 0.25) is 5.95 Å². The van der Waals surface area contributed by atoms with Gasteiger partial charge in [0.15, 0.2) is 5.82 Å². The highest BCUT2D eigenvalue weighted by molar-refractivity contribution is 5.73. The zero-order valence-electron chi connectivity index (χ0n) is 17.2. The number of rotatable bonds is 3. The predicted molar refractivity (Wildman–Crippen MR) is 104 cm³/mol. The average molecular weight is 460 g/mol. The van der Waals surface area contributed by atoms with E-state index in [1.54, 1.807) is 6.26 Å². The van der Waals surface area contributed by atoms with Crippen LogP contribution in [0.1, 0.15) is 18.6 Å². The summed E-state index contributed by atoms with van der Waals surface area (Å²) in [5.74, 6) is -1.60. The maximum absolute atomic E-state index is 13.1. The van der Waals surface area contributed by atoms with Crippen molar-refractivity contribution in [2.24, 2.45) is 5.41 Å². The van der Waals surface area contributed by atoms with Crippen LogP contribution in [0.25, 0.3) is 0 Å². The van der Waals surface area contributed by atoms with Crippen LogP contribution in [-0.4, -0.2) is 71.5 Å². The lowest BCUT2D eigenvalue weighted by molar-refractivity contribution is -0.192. The fourth-order valence-corrected chi connectivity index (χ4v) is 3.95. The van der Waals surface area contributed by atoms with Crippen molar-refractivity contribution in [1.29, 1.82) is 0 Å². The summed E-state index contributed by atoms with van der Waals surface area (Å²) in [4.78, 5) is 21.8. The first-order valence-corrected chi connectivity index (χ1v) is 10.0. The fraction of sp³-hybridized carbons (Fsp3) is 0.550. The Morgan fingerprint density at radius 2 is 1.94 bits per heavy atom. The third-order valence-electron chi connectivity index (χ3n) is 5.27. The first-order valence-electron chi connectivity index (χ1n) is 10.0. The predicted octanol–water partition coefficient (Wildman–Crippen LogP) is 2.96. The van der Waals surface area contributed by atoms with Gasteiger partial charge in [-0.15, -0.1) is 0 Å². The van der Waals surface area contributed by atoms with Gasteiger partial charge in [-0.25, -0.2) is 19.2 Å². The third kappa shape index (κ3) is 6.63. The Kier molecular flexibility index (Phi) is 7.67. The Morgan fingerprint density at radius 3 is 2.56 bits per heavy atom. The van der Waals surface area contributed by atoms with Gasteiger partial charge in [0.1, 0.15) is 5.76 Å². The number of carbonyl (C=O) groups is 1. The molecule has 0 aromatic carbocycles. The second-order valence-electron chi connectivity index (χ2n) is 7.87. The van der Waals surface area contributed by atoms with Crippen LogP contribution in [0.15, 0.2) is 35.2 Å². The number of hydrogen-bond donors (Lipinski definition) is 1. The number of aliphatic carboxylic acids is 1. The highest BCUT2D eigenvalue weighted by Crippen LogP contribution is 2.34. The number of halogens is 4. The minimum absolute atomic E-state index is 0.0408. The summed E-state index contributed by atoms with van der Waals surface area (Å²) >= 11 is 0. The van der Waals surface area contributed by atoms with E-state index < -0.39 is 18.0 Å². The van der Waals surface area contributed by atoms with E-state index in [4.69, 9.17) is 19.1 Å². The number of anilines is 1. The number of hydrogen-bond acceptors (Lipinski definition) is 7. The summed E-state index contributed by atoms with van der Waals surface area (Å²) in [7, 11) is 0. The molecule has 4 heterocycles. The quantitative estimate of drug-likeness (QED) is 0.700. The summed E-state index contributed by atoms with van der Waals surface area (Å²) in [5, 5.41) is 7.12. The maximum atomic E-state index is 13.1. The molecule has 1 atom stereocenters. The van der Waals surface area contributed by atoms with Crippen LogP contribution in [0.5, 0.6) is 0 Å². The highest BCUT2D eigenvalue weighted by atomic mass is 19.4. The first kappa shape index (κ1) is 23.9. The standard InChI is InChI=1S/C18H23FN4O2.C2HF3O2/c19-15-9-20-17(21-10-15)23-6-8-24-14-18(13-23)4-2-5-22(12-18)11-16-3-1-7-25-16;3-2(4,5)1(6)7/h1,3,7,9-10H,2,4-6,8,11-14H2;(H,6,7). The molecule has 0 saturated carbocycles. The summed E-state index contributed by atoms with van der Waals surface area (Å²) < 4.78 is 56.3. The zero-order valence-corrected chi connectivity index (χ0v) is 17.2. The van der Waals surface area contributed by atoms with Crippen LogP contribution in [-0.2, 0) is 16.1 Å². The number of aromatic nitrogens is 2. The van der Waals surface area contributed by atoms with Gasteiger partial charge in [-0.1, -0.05) is 0 Å². The molecule has 2 saturated heterocycles. The van der Waals surface area contributed by atoms with Gasteiger partial charge in [-0.3, -0.25) is 4.90 Å². The molecule has 0 aliphatic carbocycles. The molecule has 2 aromatic heterocycles. The summed E-state index contributed by atoms with van der Waals surface area (Å²) in [6, 6.07) is 3.95. The highest BCUT2D eigenvalue weighted by Gasteiger charge is 2.40. The first-order chi connectivity index (χ1) is 15.2. The van der Waals surface area contributed by atoms with E-state index in [0.717, 1.165) is 57.9 Å². The van der Waals surface area contributed by atoms with Gasteiger partial charge >= 0.3 is 12.1 Å². The van der Waals surface area contributed by atoms with Crippen molar-refractivity contribution in [2.75, 3.05) is 44.3 Å². The number of carboxylic acid groups (broad SMARTS) is 1. The third-order valence-corrected chi connectivity index (χ3v) is 5.27. The molecule has 2 aliphatic rings. The molecule has 176 valence electrons. The summed E-state index contributed by atoms with van der Waals surface area (Å²) in [6.45, 7) is 5.77. The summed E-state index contributed by atoms with van der Waals surface area (Å²) in [6.07, 6.45) is 1.33. The van der Waals surface area contributed by atoms with Gasteiger partial charge in [-0.2, -0.15) is 13.2 Å². The van der Waals surface area contributed by atoms with Gasteiger partial charge in [0, 0.05) is 25.0 Å². The molecule has 2 aromatic rings. The van der Waals surface area contributed by atoms with Crippen LogP contribution in [0.3, 0.4) is 0 Å². The molecule has 0 amide bonds. The molecule has 2 fully saturated rings. The fourth-order valence-electron chi connectivity index (χ4n) is 3.95. The SMILES string of the molecule is Fc1cnc(N2CCOCC3(CCCN(Cc4ccco4)C3)C2)nc1.O=C(O)C(F)(F)F. The van der Waals surface area contributed by atoms with Crippen molar-refractivity contribution >= 4 is 11.9 Å². The van der Waals surface area contributed by atoms with E-state index in [9.17, 15) is 17.6 Å². The Morgan fingerprint density at radius 1 is 1.22 bits per heavy atom. The second-order valence-corrected chi connectivity index (χ2v) is 7.87. The van der Waals surface area contributed by atoms with E-state index in [0.29, 0.717) is 12.6 Å². The van der Waals surface area contributed by atoms with Crippen molar-refractivity contribution in [3.05, 3.63) is 42.4 Å². The monoisotopic (exact) mass is 460 g/mol. The molecule has 32 heavy (non-hydrogen) atoms. The molecule has 8 nitrogen and oxygen atoms in total. The second kappa shape index (κ2) is 10.3. The van der Waals surface area contributed by atoms with Crippen molar-refractivity contribution in [1.82, 2.24) is 14.9 Å². The molecule has 1 N–H and O–H groups in total. The lowest BCUT2D eigenvalue weighted by atomic mass is 9.80. The largest absolute Gasteiger partial charge is 0.490 e. The van der Waals surface area contributed by atoms with Crippen LogP contribution in [0.2, 0.25) is 0 Å². The smallest absolute Gasteiger partial charge is 0.475 e.